The summed E-state index contributed by atoms with van der Waals surface area (Å²) in [5, 5.41) is 3.68. The number of fused-ring (bicyclic) bond motifs is 1. The molecule has 0 spiro atoms. The highest BCUT2D eigenvalue weighted by atomic mass is 32.1. The average Bonchev–Trinajstić information content (AvgIpc) is 2.87. The van der Waals surface area contributed by atoms with E-state index in [1.807, 2.05) is 0 Å². The summed E-state index contributed by atoms with van der Waals surface area (Å²) in [6.45, 7) is 4.89. The van der Waals surface area contributed by atoms with Crippen LogP contribution in [0.15, 0.2) is 0 Å². The number of hydrogen-bond donors (Lipinski definition) is 2. The Bertz CT molecular complexity index is 420. The van der Waals surface area contributed by atoms with E-state index in [4.69, 9.17) is 5.73 Å². The summed E-state index contributed by atoms with van der Waals surface area (Å²) in [7, 11) is 0. The van der Waals surface area contributed by atoms with Crippen molar-refractivity contribution in [1.82, 2.24) is 4.98 Å². The first-order valence-corrected chi connectivity index (χ1v) is 7.88. The molecule has 1 aliphatic rings. The fraction of sp³-hybridized carbons (Fsp3) is 0.714. The van der Waals surface area contributed by atoms with Gasteiger partial charge in [0.1, 0.15) is 0 Å². The topological polar surface area (TPSA) is 68.0 Å². The highest BCUT2D eigenvalue weighted by molar-refractivity contribution is 7.15. The van der Waals surface area contributed by atoms with Crippen LogP contribution in [0.1, 0.15) is 43.7 Å². The van der Waals surface area contributed by atoms with E-state index in [0.29, 0.717) is 18.9 Å². The fourth-order valence-electron chi connectivity index (χ4n) is 2.61. The van der Waals surface area contributed by atoms with Gasteiger partial charge in [0.2, 0.25) is 5.91 Å². The van der Waals surface area contributed by atoms with Crippen LogP contribution >= 0.6 is 11.3 Å². The van der Waals surface area contributed by atoms with Crippen molar-refractivity contribution in [3.8, 4) is 0 Å². The Hall–Kier alpha value is -0.940. The molecule has 1 amide bonds. The number of aromatic nitrogens is 1. The average molecular weight is 281 g/mol. The minimum Gasteiger partial charge on any atom is -0.330 e. The summed E-state index contributed by atoms with van der Waals surface area (Å²) < 4.78 is 0. The number of thiazole rings is 1. The first-order chi connectivity index (χ1) is 9.08. The quantitative estimate of drug-likeness (QED) is 0.842. The van der Waals surface area contributed by atoms with Gasteiger partial charge in [-0.15, -0.1) is 11.3 Å². The Morgan fingerprint density at radius 3 is 2.89 bits per heavy atom. The first kappa shape index (κ1) is 14.5. The summed E-state index contributed by atoms with van der Waals surface area (Å²) in [4.78, 5) is 17.8. The zero-order valence-corrected chi connectivity index (χ0v) is 12.6. The van der Waals surface area contributed by atoms with E-state index in [-0.39, 0.29) is 11.8 Å². The van der Waals surface area contributed by atoms with Crippen LogP contribution in [0, 0.1) is 11.8 Å². The molecule has 0 saturated carbocycles. The molecule has 3 N–H and O–H groups in total. The molecule has 0 bridgehead atoms. The van der Waals surface area contributed by atoms with E-state index in [0.717, 1.165) is 24.4 Å². The van der Waals surface area contributed by atoms with Gasteiger partial charge in [-0.25, -0.2) is 4.98 Å². The van der Waals surface area contributed by atoms with E-state index < -0.39 is 0 Å². The van der Waals surface area contributed by atoms with E-state index in [1.54, 1.807) is 11.3 Å². The van der Waals surface area contributed by atoms with Crippen molar-refractivity contribution in [1.29, 1.82) is 0 Å². The highest BCUT2D eigenvalue weighted by Crippen LogP contribution is 2.30. The van der Waals surface area contributed by atoms with E-state index in [9.17, 15) is 4.79 Å². The molecule has 0 radical (unpaired) electrons. The molecule has 1 heterocycles. The number of carbonyl (C=O) groups is 1. The maximum absolute atomic E-state index is 12.0. The van der Waals surface area contributed by atoms with Gasteiger partial charge in [-0.05, 0) is 44.1 Å². The number of carbonyl (C=O) groups excluding carboxylic acids is 1. The monoisotopic (exact) mass is 281 g/mol. The lowest BCUT2D eigenvalue weighted by atomic mass is 9.94. The molecule has 0 fully saturated rings. The number of nitrogens with two attached hydrogens (primary N) is 1. The van der Waals surface area contributed by atoms with Gasteiger partial charge >= 0.3 is 0 Å². The molecule has 0 aliphatic heterocycles. The number of anilines is 1. The van der Waals surface area contributed by atoms with Crippen LogP contribution in [-0.2, 0) is 17.6 Å². The molecule has 1 atom stereocenters. The number of amides is 1. The molecule has 1 aromatic heterocycles. The largest absolute Gasteiger partial charge is 0.330 e. The lowest BCUT2D eigenvalue weighted by Crippen LogP contribution is -2.23. The third-order valence-electron chi connectivity index (χ3n) is 3.45. The third-order valence-corrected chi connectivity index (χ3v) is 4.53. The van der Waals surface area contributed by atoms with Gasteiger partial charge < -0.3 is 11.1 Å². The Labute approximate surface area is 118 Å². The second-order valence-electron chi connectivity index (χ2n) is 5.73. The SMILES string of the molecule is CC(C)C[C@H](CN)CC(=O)Nc1nc2c(s1)CCC2. The highest BCUT2D eigenvalue weighted by Gasteiger charge is 2.19. The minimum absolute atomic E-state index is 0.0449. The molecular formula is C14H23N3OS. The summed E-state index contributed by atoms with van der Waals surface area (Å²) in [5.74, 6) is 0.889. The first-order valence-electron chi connectivity index (χ1n) is 7.07. The maximum atomic E-state index is 12.0. The normalized spacial score (nSPS) is 15.6. The Morgan fingerprint density at radius 1 is 1.47 bits per heavy atom. The van der Waals surface area contributed by atoms with Gasteiger partial charge in [0.05, 0.1) is 5.69 Å². The maximum Gasteiger partial charge on any atom is 0.226 e. The van der Waals surface area contributed by atoms with Crippen molar-refractivity contribution in [2.75, 3.05) is 11.9 Å². The molecule has 0 saturated heterocycles. The van der Waals surface area contributed by atoms with Gasteiger partial charge in [0, 0.05) is 11.3 Å². The Balaban J connectivity index is 1.86. The van der Waals surface area contributed by atoms with Crippen molar-refractivity contribution < 1.29 is 4.79 Å². The number of nitrogens with zero attached hydrogens (tertiary/aromatic N) is 1. The summed E-state index contributed by atoms with van der Waals surface area (Å²) in [5.41, 5.74) is 6.91. The summed E-state index contributed by atoms with van der Waals surface area (Å²) in [6, 6.07) is 0. The Morgan fingerprint density at radius 2 is 2.26 bits per heavy atom. The van der Waals surface area contributed by atoms with Crippen LogP contribution in [0.5, 0.6) is 0 Å². The molecule has 106 valence electrons. The molecule has 0 aromatic carbocycles. The molecule has 19 heavy (non-hydrogen) atoms. The van der Waals surface area contributed by atoms with Gasteiger partial charge in [0.15, 0.2) is 5.13 Å². The van der Waals surface area contributed by atoms with Gasteiger partial charge in [0.25, 0.3) is 0 Å². The number of hydrogen-bond acceptors (Lipinski definition) is 4. The minimum atomic E-state index is 0.0449. The van der Waals surface area contributed by atoms with Gasteiger partial charge in [-0.3, -0.25) is 4.79 Å². The van der Waals surface area contributed by atoms with Crippen molar-refractivity contribution in [3.63, 3.8) is 0 Å². The number of rotatable bonds is 6. The van der Waals surface area contributed by atoms with Gasteiger partial charge in [-0.2, -0.15) is 0 Å². The molecule has 1 aromatic rings. The molecule has 0 unspecified atom stereocenters. The van der Waals surface area contributed by atoms with Crippen LogP contribution in [0.25, 0.3) is 0 Å². The number of aryl methyl sites for hydroxylation is 2. The lowest BCUT2D eigenvalue weighted by molar-refractivity contribution is -0.117. The Kier molecular flexibility index (Phi) is 4.93. The predicted octanol–water partition coefficient (Wildman–Crippen LogP) is 2.58. The van der Waals surface area contributed by atoms with Crippen molar-refractivity contribution >= 4 is 22.4 Å². The van der Waals surface area contributed by atoms with Crippen LogP contribution < -0.4 is 11.1 Å². The molecule has 1 aliphatic carbocycles. The fourth-order valence-corrected chi connectivity index (χ4v) is 3.67. The zero-order chi connectivity index (χ0) is 13.8. The summed E-state index contributed by atoms with van der Waals surface area (Å²) >= 11 is 1.62. The lowest BCUT2D eigenvalue weighted by Gasteiger charge is -2.15. The second-order valence-corrected chi connectivity index (χ2v) is 6.81. The number of nitrogens with one attached hydrogen (secondary N) is 1. The molecule has 2 rings (SSSR count). The van der Waals surface area contributed by atoms with E-state index >= 15 is 0 Å². The van der Waals surface area contributed by atoms with Gasteiger partial charge in [-0.1, -0.05) is 13.8 Å². The van der Waals surface area contributed by atoms with E-state index in [1.165, 1.54) is 17.0 Å². The van der Waals surface area contributed by atoms with Crippen molar-refractivity contribution in [3.05, 3.63) is 10.6 Å². The second kappa shape index (κ2) is 6.48. The van der Waals surface area contributed by atoms with Crippen molar-refractivity contribution in [2.45, 2.75) is 46.0 Å². The summed E-state index contributed by atoms with van der Waals surface area (Å²) in [6.07, 6.45) is 4.87. The van der Waals surface area contributed by atoms with Crippen LogP contribution in [-0.4, -0.2) is 17.4 Å². The predicted molar refractivity (Wildman–Crippen MR) is 79.4 cm³/mol. The molecule has 5 heteroatoms. The van der Waals surface area contributed by atoms with Crippen molar-refractivity contribution in [2.24, 2.45) is 17.6 Å². The van der Waals surface area contributed by atoms with Crippen LogP contribution in [0.3, 0.4) is 0 Å². The molecular weight excluding hydrogens is 258 g/mol. The third kappa shape index (κ3) is 4.01. The van der Waals surface area contributed by atoms with Crippen LogP contribution in [0.4, 0.5) is 5.13 Å². The standard InChI is InChI=1S/C14H23N3OS/c1-9(2)6-10(8-15)7-13(18)17-14-16-11-4-3-5-12(11)19-14/h9-10H,3-8,15H2,1-2H3,(H,16,17,18)/t10-/m0/s1. The zero-order valence-electron chi connectivity index (χ0n) is 11.7. The molecule has 4 nitrogen and oxygen atoms in total. The van der Waals surface area contributed by atoms with E-state index in [2.05, 4.69) is 24.1 Å². The van der Waals surface area contributed by atoms with Crippen LogP contribution in [0.2, 0.25) is 0 Å². The smallest absolute Gasteiger partial charge is 0.226 e.